The quantitative estimate of drug-likeness (QED) is 0.310. The van der Waals surface area contributed by atoms with E-state index in [-0.39, 0.29) is 11.8 Å². The Morgan fingerprint density at radius 3 is 2.45 bits per heavy atom. The molecule has 8 heteroatoms. The van der Waals surface area contributed by atoms with Gasteiger partial charge >= 0.3 is 6.18 Å². The first-order valence-electron chi connectivity index (χ1n) is 10.9. The maximum Gasteiger partial charge on any atom is 0.416 e. The average molecular weight is 469 g/mol. The van der Waals surface area contributed by atoms with Gasteiger partial charge in [-0.2, -0.15) is 18.4 Å². The van der Waals surface area contributed by atoms with Crippen LogP contribution in [0.1, 0.15) is 48.8 Å². The van der Waals surface area contributed by atoms with E-state index >= 15 is 0 Å². The molecule has 33 heavy (non-hydrogen) atoms. The number of nitrogens with zero attached hydrogens (tertiary/aromatic N) is 3. The van der Waals surface area contributed by atoms with Crippen LogP contribution in [0.2, 0.25) is 0 Å². The summed E-state index contributed by atoms with van der Waals surface area (Å²) in [5.41, 5.74) is 1.56. The highest BCUT2D eigenvalue weighted by atomic mass is 32.2. The number of hydrogen-bond donors (Lipinski definition) is 1. The molecule has 0 bridgehead atoms. The van der Waals surface area contributed by atoms with Crippen LogP contribution in [0.4, 0.5) is 19.0 Å². The fraction of sp³-hybridized carbons (Fsp3) is 0.320. The summed E-state index contributed by atoms with van der Waals surface area (Å²) >= 11 is 1.26. The number of anilines is 1. The number of nitrogens with one attached hydrogen (secondary N) is 1. The number of halogens is 3. The van der Waals surface area contributed by atoms with Crippen LogP contribution >= 0.6 is 11.8 Å². The maximum atomic E-state index is 13.1. The van der Waals surface area contributed by atoms with Crippen LogP contribution in [0.25, 0.3) is 11.3 Å². The number of rotatable bonds is 6. The SMILES string of the molecule is N#Cc1c(NC2CCCCC2)nc(SCc2cccc(C(F)(F)F)c2)nc1-c1ccccc1. The Labute approximate surface area is 195 Å². The highest BCUT2D eigenvalue weighted by Gasteiger charge is 2.30. The zero-order valence-electron chi connectivity index (χ0n) is 17.9. The zero-order chi connectivity index (χ0) is 23.3. The predicted molar refractivity (Wildman–Crippen MR) is 124 cm³/mol. The summed E-state index contributed by atoms with van der Waals surface area (Å²) in [5, 5.41) is 13.8. The van der Waals surface area contributed by atoms with Crippen LogP contribution < -0.4 is 5.32 Å². The highest BCUT2D eigenvalue weighted by Crippen LogP contribution is 2.33. The third kappa shape index (κ3) is 5.85. The minimum Gasteiger partial charge on any atom is -0.366 e. The van der Waals surface area contributed by atoms with Crippen LogP contribution in [-0.2, 0) is 11.9 Å². The first-order valence-corrected chi connectivity index (χ1v) is 11.9. The second-order valence-corrected chi connectivity index (χ2v) is 8.96. The standard InChI is InChI=1S/C25H23F3N4S/c26-25(27,28)19-11-7-8-17(14-19)16-33-24-31-22(18-9-3-1-4-10-18)21(15-29)23(32-24)30-20-12-5-2-6-13-20/h1,3-4,7-11,14,20H,2,5-6,12-13,16H2,(H,30,31,32). The first-order chi connectivity index (χ1) is 15.9. The van der Waals surface area contributed by atoms with Crippen molar-refractivity contribution in [3.8, 4) is 17.3 Å². The minimum absolute atomic E-state index is 0.241. The fourth-order valence-electron chi connectivity index (χ4n) is 3.95. The molecule has 4 rings (SSSR count). The fourth-order valence-corrected chi connectivity index (χ4v) is 4.73. The second-order valence-electron chi connectivity index (χ2n) is 8.02. The Kier molecular flexibility index (Phi) is 7.19. The van der Waals surface area contributed by atoms with Gasteiger partial charge in [-0.3, -0.25) is 0 Å². The number of alkyl halides is 3. The van der Waals surface area contributed by atoms with Crippen LogP contribution in [-0.4, -0.2) is 16.0 Å². The van der Waals surface area contributed by atoms with Gasteiger partial charge < -0.3 is 5.32 Å². The lowest BCUT2D eigenvalue weighted by Gasteiger charge is -2.24. The molecule has 0 radical (unpaired) electrons. The van der Waals surface area contributed by atoms with Gasteiger partial charge in [0.1, 0.15) is 17.5 Å². The van der Waals surface area contributed by atoms with Crippen molar-refractivity contribution in [2.45, 2.75) is 55.2 Å². The van der Waals surface area contributed by atoms with E-state index in [9.17, 15) is 18.4 Å². The molecule has 1 fully saturated rings. The summed E-state index contributed by atoms with van der Waals surface area (Å²) in [5.74, 6) is 0.775. The summed E-state index contributed by atoms with van der Waals surface area (Å²) in [4.78, 5) is 9.23. The molecule has 0 saturated heterocycles. The topological polar surface area (TPSA) is 61.6 Å². The van der Waals surface area contributed by atoms with E-state index in [1.807, 2.05) is 30.3 Å². The van der Waals surface area contributed by atoms with Crippen molar-refractivity contribution in [3.05, 3.63) is 71.3 Å². The summed E-state index contributed by atoms with van der Waals surface area (Å²) in [6, 6.07) is 17.2. The molecular weight excluding hydrogens is 445 g/mol. The number of benzene rings is 2. The normalized spacial score (nSPS) is 14.6. The molecular formula is C25H23F3N4S. The molecule has 4 nitrogen and oxygen atoms in total. The Hall–Kier alpha value is -3.05. The summed E-state index contributed by atoms with van der Waals surface area (Å²) in [6.07, 6.45) is 1.12. The summed E-state index contributed by atoms with van der Waals surface area (Å²) in [6.45, 7) is 0. The zero-order valence-corrected chi connectivity index (χ0v) is 18.7. The molecule has 1 saturated carbocycles. The van der Waals surface area contributed by atoms with Gasteiger partial charge in [-0.25, -0.2) is 9.97 Å². The van der Waals surface area contributed by atoms with E-state index in [4.69, 9.17) is 0 Å². The molecule has 0 unspecified atom stereocenters. The van der Waals surface area contributed by atoms with Crippen molar-refractivity contribution in [1.29, 1.82) is 5.26 Å². The number of thioether (sulfide) groups is 1. The lowest BCUT2D eigenvalue weighted by Crippen LogP contribution is -2.24. The number of hydrogen-bond acceptors (Lipinski definition) is 5. The molecule has 1 aliphatic carbocycles. The smallest absolute Gasteiger partial charge is 0.366 e. The van der Waals surface area contributed by atoms with Crippen LogP contribution in [0, 0.1) is 11.3 Å². The Balaban J connectivity index is 1.66. The van der Waals surface area contributed by atoms with Gasteiger partial charge in [0.25, 0.3) is 0 Å². The maximum absolute atomic E-state index is 13.1. The third-order valence-corrected chi connectivity index (χ3v) is 6.53. The third-order valence-electron chi connectivity index (χ3n) is 5.62. The Morgan fingerprint density at radius 2 is 1.76 bits per heavy atom. The average Bonchev–Trinajstić information content (AvgIpc) is 2.83. The second kappa shape index (κ2) is 10.3. The Bertz CT molecular complexity index is 1140. The van der Waals surface area contributed by atoms with E-state index in [2.05, 4.69) is 21.4 Å². The van der Waals surface area contributed by atoms with Crippen LogP contribution in [0.15, 0.2) is 59.8 Å². The van der Waals surface area contributed by atoms with Crippen LogP contribution in [0.5, 0.6) is 0 Å². The summed E-state index contributed by atoms with van der Waals surface area (Å²) in [7, 11) is 0. The van der Waals surface area contributed by atoms with E-state index in [0.717, 1.165) is 43.4 Å². The van der Waals surface area contributed by atoms with Crippen molar-refractivity contribution in [3.63, 3.8) is 0 Å². The van der Waals surface area contributed by atoms with E-state index in [0.29, 0.717) is 27.8 Å². The van der Waals surface area contributed by atoms with Crippen molar-refractivity contribution in [1.82, 2.24) is 9.97 Å². The molecule has 0 amide bonds. The predicted octanol–water partition coefficient (Wildman–Crippen LogP) is 7.07. The highest BCUT2D eigenvalue weighted by molar-refractivity contribution is 7.98. The minimum atomic E-state index is -4.39. The van der Waals surface area contributed by atoms with E-state index in [1.54, 1.807) is 6.07 Å². The van der Waals surface area contributed by atoms with Crippen molar-refractivity contribution in [2.24, 2.45) is 0 Å². The first kappa shape index (κ1) is 23.1. The van der Waals surface area contributed by atoms with E-state index in [1.165, 1.54) is 24.2 Å². The van der Waals surface area contributed by atoms with Gasteiger partial charge in [-0.1, -0.05) is 79.6 Å². The molecule has 3 aromatic rings. The molecule has 2 aromatic carbocycles. The molecule has 1 aromatic heterocycles. The monoisotopic (exact) mass is 468 g/mol. The number of nitriles is 1. The largest absolute Gasteiger partial charge is 0.416 e. The van der Waals surface area contributed by atoms with Crippen LogP contribution in [0.3, 0.4) is 0 Å². The molecule has 1 aliphatic rings. The summed E-state index contributed by atoms with van der Waals surface area (Å²) < 4.78 is 39.2. The molecule has 1 heterocycles. The van der Waals surface area contributed by atoms with Gasteiger partial charge in [-0.05, 0) is 24.5 Å². The molecule has 0 atom stereocenters. The number of aromatic nitrogens is 2. The van der Waals surface area contributed by atoms with Crippen molar-refractivity contribution < 1.29 is 13.2 Å². The van der Waals surface area contributed by atoms with E-state index < -0.39 is 11.7 Å². The molecule has 0 spiro atoms. The molecule has 0 aliphatic heterocycles. The molecule has 1 N–H and O–H groups in total. The van der Waals surface area contributed by atoms with Crippen molar-refractivity contribution in [2.75, 3.05) is 5.32 Å². The lowest BCUT2D eigenvalue weighted by atomic mass is 9.95. The molecule has 170 valence electrons. The Morgan fingerprint density at radius 1 is 1.00 bits per heavy atom. The van der Waals surface area contributed by atoms with Crippen molar-refractivity contribution >= 4 is 17.6 Å². The van der Waals surface area contributed by atoms with Gasteiger partial charge in [0, 0.05) is 17.4 Å². The van der Waals surface area contributed by atoms with Gasteiger partial charge in [-0.15, -0.1) is 0 Å². The van der Waals surface area contributed by atoms with Gasteiger partial charge in [0.05, 0.1) is 11.3 Å². The van der Waals surface area contributed by atoms with Gasteiger partial charge in [0.15, 0.2) is 5.16 Å². The lowest BCUT2D eigenvalue weighted by molar-refractivity contribution is -0.137. The van der Waals surface area contributed by atoms with Gasteiger partial charge in [0.2, 0.25) is 0 Å².